The maximum absolute atomic E-state index is 4.19. The van der Waals surface area contributed by atoms with Crippen molar-refractivity contribution in [1.82, 2.24) is 20.5 Å². The summed E-state index contributed by atoms with van der Waals surface area (Å²) in [6.07, 6.45) is 6.25. The fourth-order valence-corrected chi connectivity index (χ4v) is 2.43. The molecule has 0 aliphatic carbocycles. The zero-order valence-electron chi connectivity index (χ0n) is 9.16. The molecule has 0 saturated carbocycles. The molecule has 4 heteroatoms. The molecule has 1 fully saturated rings. The summed E-state index contributed by atoms with van der Waals surface area (Å²) in [7, 11) is 0. The van der Waals surface area contributed by atoms with Crippen LogP contribution in [0.4, 0.5) is 0 Å². The number of aromatic amines is 2. The van der Waals surface area contributed by atoms with Crippen molar-refractivity contribution in [2.24, 2.45) is 0 Å². The van der Waals surface area contributed by atoms with Crippen molar-refractivity contribution in [2.75, 3.05) is 13.1 Å². The first-order chi connectivity index (χ1) is 7.95. The van der Waals surface area contributed by atoms with Gasteiger partial charge in [-0.25, -0.2) is 0 Å². The van der Waals surface area contributed by atoms with Gasteiger partial charge >= 0.3 is 0 Å². The smallest absolute Gasteiger partial charge is 0.0583 e. The lowest BCUT2D eigenvalue weighted by molar-refractivity contribution is 0.453. The van der Waals surface area contributed by atoms with E-state index in [9.17, 15) is 0 Å². The third kappa shape index (κ3) is 1.65. The number of hydrogen-bond donors (Lipinski definition) is 3. The van der Waals surface area contributed by atoms with Crippen LogP contribution in [0.5, 0.6) is 0 Å². The van der Waals surface area contributed by atoms with E-state index in [1.807, 2.05) is 18.5 Å². The molecule has 0 unspecified atom stereocenters. The maximum Gasteiger partial charge on any atom is 0.0583 e. The van der Waals surface area contributed by atoms with Gasteiger partial charge in [-0.2, -0.15) is 5.10 Å². The molecule has 0 atom stereocenters. The van der Waals surface area contributed by atoms with E-state index in [4.69, 9.17) is 0 Å². The molecule has 3 rings (SSSR count). The lowest BCUT2D eigenvalue weighted by Crippen LogP contribution is -2.27. The topological polar surface area (TPSA) is 56.5 Å². The highest BCUT2D eigenvalue weighted by Crippen LogP contribution is 2.31. The quantitative estimate of drug-likeness (QED) is 0.717. The van der Waals surface area contributed by atoms with Crippen LogP contribution < -0.4 is 5.32 Å². The fraction of sp³-hybridized carbons (Fsp3) is 0.417. The zero-order valence-corrected chi connectivity index (χ0v) is 9.16. The van der Waals surface area contributed by atoms with Gasteiger partial charge in [0, 0.05) is 29.1 Å². The van der Waals surface area contributed by atoms with Gasteiger partial charge < -0.3 is 10.3 Å². The molecule has 2 aromatic heterocycles. The molecule has 0 spiro atoms. The Morgan fingerprint density at radius 3 is 2.88 bits per heavy atom. The number of rotatable bonds is 2. The van der Waals surface area contributed by atoms with Crippen molar-refractivity contribution in [2.45, 2.75) is 18.8 Å². The van der Waals surface area contributed by atoms with Crippen molar-refractivity contribution in [3.05, 3.63) is 30.2 Å². The first-order valence-electron chi connectivity index (χ1n) is 5.83. The minimum atomic E-state index is 0.613. The van der Waals surface area contributed by atoms with E-state index < -0.39 is 0 Å². The third-order valence-electron chi connectivity index (χ3n) is 3.30. The summed E-state index contributed by atoms with van der Waals surface area (Å²) in [6, 6.07) is 4.12. The maximum atomic E-state index is 4.19. The average molecular weight is 216 g/mol. The Kier molecular flexibility index (Phi) is 2.50. The highest BCUT2D eigenvalue weighted by atomic mass is 15.1. The van der Waals surface area contributed by atoms with Gasteiger partial charge in [0.05, 0.1) is 6.20 Å². The van der Waals surface area contributed by atoms with Crippen LogP contribution in [0.2, 0.25) is 0 Å². The molecule has 1 saturated heterocycles. The van der Waals surface area contributed by atoms with E-state index in [1.54, 1.807) is 0 Å². The van der Waals surface area contributed by atoms with Crippen LogP contribution in [0.3, 0.4) is 0 Å². The molecule has 16 heavy (non-hydrogen) atoms. The minimum Gasteiger partial charge on any atom is -0.361 e. The first-order valence-corrected chi connectivity index (χ1v) is 5.83. The van der Waals surface area contributed by atoms with Gasteiger partial charge in [0.25, 0.3) is 0 Å². The number of hydrogen-bond acceptors (Lipinski definition) is 2. The predicted octanol–water partition coefficient (Wildman–Crippen LogP) is 1.87. The van der Waals surface area contributed by atoms with Crippen molar-refractivity contribution in [1.29, 1.82) is 0 Å². The predicted molar refractivity (Wildman–Crippen MR) is 63.2 cm³/mol. The van der Waals surface area contributed by atoms with Crippen molar-refractivity contribution in [3.63, 3.8) is 0 Å². The summed E-state index contributed by atoms with van der Waals surface area (Å²) in [5, 5.41) is 10.7. The SMILES string of the molecule is c1c[nH]c(-c2cn[nH]c2C2CCNCC2)c1. The Morgan fingerprint density at radius 1 is 1.25 bits per heavy atom. The van der Waals surface area contributed by atoms with Gasteiger partial charge in [0.15, 0.2) is 0 Å². The third-order valence-corrected chi connectivity index (χ3v) is 3.30. The zero-order chi connectivity index (χ0) is 10.8. The molecule has 0 aromatic carbocycles. The fourth-order valence-electron chi connectivity index (χ4n) is 2.43. The van der Waals surface area contributed by atoms with Gasteiger partial charge in [0.2, 0.25) is 0 Å². The largest absolute Gasteiger partial charge is 0.361 e. The molecule has 4 nitrogen and oxygen atoms in total. The number of nitrogens with zero attached hydrogens (tertiary/aromatic N) is 1. The Labute approximate surface area is 94.5 Å². The lowest BCUT2D eigenvalue weighted by Gasteiger charge is -2.22. The Bertz CT molecular complexity index is 437. The van der Waals surface area contributed by atoms with E-state index in [1.165, 1.54) is 24.1 Å². The second kappa shape index (κ2) is 4.14. The Hall–Kier alpha value is -1.55. The van der Waals surface area contributed by atoms with Crippen molar-refractivity contribution in [3.8, 4) is 11.3 Å². The molecule has 1 aliphatic rings. The lowest BCUT2D eigenvalue weighted by atomic mass is 9.91. The molecule has 0 radical (unpaired) electrons. The highest BCUT2D eigenvalue weighted by molar-refractivity contribution is 5.61. The Balaban J connectivity index is 1.92. The Morgan fingerprint density at radius 2 is 2.12 bits per heavy atom. The number of piperidine rings is 1. The minimum absolute atomic E-state index is 0.613. The monoisotopic (exact) mass is 216 g/mol. The van der Waals surface area contributed by atoms with Crippen LogP contribution in [0.15, 0.2) is 24.5 Å². The number of nitrogens with one attached hydrogen (secondary N) is 3. The van der Waals surface area contributed by atoms with E-state index >= 15 is 0 Å². The van der Waals surface area contributed by atoms with Gasteiger partial charge in [-0.05, 0) is 38.1 Å². The van der Waals surface area contributed by atoms with Crippen LogP contribution in [-0.2, 0) is 0 Å². The molecule has 1 aliphatic heterocycles. The number of aromatic nitrogens is 3. The van der Waals surface area contributed by atoms with Crippen LogP contribution in [-0.4, -0.2) is 28.3 Å². The molecule has 2 aromatic rings. The van der Waals surface area contributed by atoms with Crippen molar-refractivity contribution < 1.29 is 0 Å². The molecule has 0 amide bonds. The van der Waals surface area contributed by atoms with Crippen LogP contribution >= 0.6 is 0 Å². The standard InChI is InChI=1S/C12H16N4/c1-2-11(14-5-1)10-8-15-16-12(10)9-3-6-13-7-4-9/h1-2,5,8-9,13-14H,3-4,6-7H2,(H,15,16). The summed E-state index contributed by atoms with van der Waals surface area (Å²) in [5.74, 6) is 0.613. The van der Waals surface area contributed by atoms with Gasteiger partial charge in [-0.1, -0.05) is 0 Å². The van der Waals surface area contributed by atoms with E-state index in [0.717, 1.165) is 18.8 Å². The molecular weight excluding hydrogens is 200 g/mol. The molecule has 0 bridgehead atoms. The van der Waals surface area contributed by atoms with Gasteiger partial charge in [0.1, 0.15) is 0 Å². The molecule has 3 N–H and O–H groups in total. The second-order valence-electron chi connectivity index (χ2n) is 4.31. The van der Waals surface area contributed by atoms with E-state index in [0.29, 0.717) is 5.92 Å². The normalized spacial score (nSPS) is 17.8. The summed E-state index contributed by atoms with van der Waals surface area (Å²) in [6.45, 7) is 2.21. The second-order valence-corrected chi connectivity index (χ2v) is 4.31. The first kappa shape index (κ1) is 9.66. The summed E-state index contributed by atoms with van der Waals surface area (Å²) in [4.78, 5) is 3.24. The summed E-state index contributed by atoms with van der Waals surface area (Å²) in [5.41, 5.74) is 3.66. The summed E-state index contributed by atoms with van der Waals surface area (Å²) >= 11 is 0. The highest BCUT2D eigenvalue weighted by Gasteiger charge is 2.20. The van der Waals surface area contributed by atoms with E-state index in [-0.39, 0.29) is 0 Å². The summed E-state index contributed by atoms with van der Waals surface area (Å²) < 4.78 is 0. The number of H-pyrrole nitrogens is 2. The van der Waals surface area contributed by atoms with Crippen LogP contribution in [0.25, 0.3) is 11.3 Å². The van der Waals surface area contributed by atoms with Crippen LogP contribution in [0.1, 0.15) is 24.5 Å². The van der Waals surface area contributed by atoms with E-state index in [2.05, 4.69) is 26.6 Å². The molecule has 3 heterocycles. The van der Waals surface area contributed by atoms with Gasteiger partial charge in [-0.15, -0.1) is 0 Å². The van der Waals surface area contributed by atoms with Gasteiger partial charge in [-0.3, -0.25) is 5.10 Å². The van der Waals surface area contributed by atoms with Crippen LogP contribution in [0, 0.1) is 0 Å². The molecule has 84 valence electrons. The van der Waals surface area contributed by atoms with Crippen molar-refractivity contribution >= 4 is 0 Å². The average Bonchev–Trinajstić information content (AvgIpc) is 3.01. The molecular formula is C12H16N4.